The maximum absolute atomic E-state index is 10.6. The molecular weight excluding hydrogens is 280 g/mol. The minimum absolute atomic E-state index is 0.0494. The fourth-order valence-corrected chi connectivity index (χ4v) is 2.14. The smallest absolute Gasteiger partial charge is 0.269 e. The van der Waals surface area contributed by atoms with Crippen LogP contribution in [0.4, 0.5) is 5.69 Å². The third kappa shape index (κ3) is 2.00. The van der Waals surface area contributed by atoms with Gasteiger partial charge in [0.25, 0.3) is 5.69 Å². The normalized spacial score (nSPS) is 10.9. The molecule has 0 unspecified atom stereocenters. The van der Waals surface area contributed by atoms with Crippen LogP contribution < -0.4 is 0 Å². The summed E-state index contributed by atoms with van der Waals surface area (Å²) in [4.78, 5) is 18.7. The molecular formula is C13H9ClN4O2. The van der Waals surface area contributed by atoms with Crippen LogP contribution in [0.25, 0.3) is 16.9 Å². The Morgan fingerprint density at radius 1 is 1.30 bits per heavy atom. The maximum atomic E-state index is 10.6. The Kier molecular flexibility index (Phi) is 2.87. The third-order valence-corrected chi connectivity index (χ3v) is 3.28. The quantitative estimate of drug-likeness (QED) is 0.412. The number of nitrogens with zero attached hydrogens (tertiary/aromatic N) is 4. The zero-order valence-electron chi connectivity index (χ0n) is 10.4. The lowest BCUT2D eigenvalue weighted by Gasteiger charge is -1.97. The number of nitro benzene ring substituents is 1. The molecule has 3 aromatic rings. The Morgan fingerprint density at radius 3 is 2.60 bits per heavy atom. The molecule has 7 heteroatoms. The molecule has 3 rings (SSSR count). The number of non-ortho nitro benzene ring substituents is 1. The van der Waals surface area contributed by atoms with Crippen molar-refractivity contribution in [2.75, 3.05) is 0 Å². The molecule has 0 atom stereocenters. The summed E-state index contributed by atoms with van der Waals surface area (Å²) < 4.78 is 1.69. The first-order valence-electron chi connectivity index (χ1n) is 5.81. The number of aromatic nitrogens is 3. The number of aryl methyl sites for hydroxylation is 1. The van der Waals surface area contributed by atoms with Crippen molar-refractivity contribution in [3.8, 4) is 11.3 Å². The first-order chi connectivity index (χ1) is 9.56. The molecule has 0 aliphatic rings. The molecule has 0 aliphatic heterocycles. The minimum atomic E-state index is -0.432. The Balaban J connectivity index is 2.12. The lowest BCUT2D eigenvalue weighted by Crippen LogP contribution is -1.91. The first kappa shape index (κ1) is 12.6. The van der Waals surface area contributed by atoms with Crippen LogP contribution >= 0.6 is 11.6 Å². The summed E-state index contributed by atoms with van der Waals surface area (Å²) in [6.45, 7) is 1.89. The van der Waals surface area contributed by atoms with Crippen molar-refractivity contribution in [1.82, 2.24) is 14.4 Å². The molecule has 0 amide bonds. The number of benzene rings is 1. The van der Waals surface area contributed by atoms with Crippen molar-refractivity contribution in [1.29, 1.82) is 0 Å². The van der Waals surface area contributed by atoms with E-state index in [2.05, 4.69) is 9.97 Å². The minimum Gasteiger partial charge on any atom is -0.274 e. The van der Waals surface area contributed by atoms with Gasteiger partial charge >= 0.3 is 0 Å². The number of imidazole rings is 1. The average molecular weight is 289 g/mol. The molecule has 0 radical (unpaired) electrons. The summed E-state index contributed by atoms with van der Waals surface area (Å²) in [7, 11) is 0. The van der Waals surface area contributed by atoms with Gasteiger partial charge in [-0.05, 0) is 30.7 Å². The van der Waals surface area contributed by atoms with Crippen molar-refractivity contribution in [2.45, 2.75) is 6.92 Å². The SMILES string of the molecule is Cc1cnc(Cl)n2cc(-c3ccc([N+](=O)[O-])cc3)nc12. The molecule has 0 saturated heterocycles. The Bertz CT molecular complexity index is 772. The monoisotopic (exact) mass is 288 g/mol. The van der Waals surface area contributed by atoms with Crippen LogP contribution in [0.2, 0.25) is 5.28 Å². The van der Waals surface area contributed by atoms with E-state index in [4.69, 9.17) is 11.6 Å². The number of hydrogen-bond donors (Lipinski definition) is 0. The van der Waals surface area contributed by atoms with Crippen molar-refractivity contribution in [2.24, 2.45) is 0 Å². The maximum Gasteiger partial charge on any atom is 0.269 e. The van der Waals surface area contributed by atoms with Crippen LogP contribution in [0.3, 0.4) is 0 Å². The highest BCUT2D eigenvalue weighted by molar-refractivity contribution is 6.28. The van der Waals surface area contributed by atoms with Gasteiger partial charge < -0.3 is 0 Å². The van der Waals surface area contributed by atoms with Gasteiger partial charge in [0.2, 0.25) is 5.28 Å². The van der Waals surface area contributed by atoms with Gasteiger partial charge in [-0.25, -0.2) is 9.97 Å². The van der Waals surface area contributed by atoms with E-state index in [9.17, 15) is 10.1 Å². The Hall–Kier alpha value is -2.47. The lowest BCUT2D eigenvalue weighted by atomic mass is 10.1. The Labute approximate surface area is 118 Å². The molecule has 6 nitrogen and oxygen atoms in total. The van der Waals surface area contributed by atoms with Crippen molar-refractivity contribution < 1.29 is 4.92 Å². The number of nitro groups is 1. The van der Waals surface area contributed by atoms with Gasteiger partial charge in [-0.1, -0.05) is 0 Å². The van der Waals surface area contributed by atoms with E-state index in [1.165, 1.54) is 12.1 Å². The van der Waals surface area contributed by atoms with Gasteiger partial charge in [0.15, 0.2) is 0 Å². The fourth-order valence-electron chi connectivity index (χ4n) is 1.96. The third-order valence-electron chi connectivity index (χ3n) is 3.00. The van der Waals surface area contributed by atoms with E-state index >= 15 is 0 Å². The van der Waals surface area contributed by atoms with Crippen LogP contribution in [0, 0.1) is 17.0 Å². The van der Waals surface area contributed by atoms with E-state index in [-0.39, 0.29) is 5.69 Å². The molecule has 0 saturated carbocycles. The summed E-state index contributed by atoms with van der Waals surface area (Å²) in [5, 5.41) is 11.0. The highest BCUT2D eigenvalue weighted by Crippen LogP contribution is 2.24. The molecule has 0 aliphatic carbocycles. The molecule has 0 fully saturated rings. The van der Waals surface area contributed by atoms with E-state index < -0.39 is 4.92 Å². The summed E-state index contributed by atoms with van der Waals surface area (Å²) in [6.07, 6.45) is 3.42. The number of rotatable bonds is 2. The average Bonchev–Trinajstić information content (AvgIpc) is 2.89. The van der Waals surface area contributed by atoms with Crippen LogP contribution in [0.1, 0.15) is 5.56 Å². The molecule has 1 aromatic carbocycles. The molecule has 0 bridgehead atoms. The summed E-state index contributed by atoms with van der Waals surface area (Å²) >= 11 is 6.02. The van der Waals surface area contributed by atoms with E-state index in [1.54, 1.807) is 28.9 Å². The van der Waals surface area contributed by atoms with E-state index in [0.717, 1.165) is 16.8 Å². The second-order valence-corrected chi connectivity index (χ2v) is 4.67. The van der Waals surface area contributed by atoms with E-state index in [0.29, 0.717) is 11.0 Å². The first-order valence-corrected chi connectivity index (χ1v) is 6.19. The summed E-state index contributed by atoms with van der Waals surface area (Å²) in [6, 6.07) is 6.23. The molecule has 0 spiro atoms. The number of hydrogen-bond acceptors (Lipinski definition) is 4. The van der Waals surface area contributed by atoms with E-state index in [1.807, 2.05) is 6.92 Å². The predicted octanol–water partition coefficient (Wildman–Crippen LogP) is 3.27. The van der Waals surface area contributed by atoms with Gasteiger partial charge in [-0.15, -0.1) is 0 Å². The van der Waals surface area contributed by atoms with Crippen LogP contribution in [-0.4, -0.2) is 19.3 Å². The van der Waals surface area contributed by atoms with Gasteiger partial charge in [0.1, 0.15) is 5.65 Å². The predicted molar refractivity (Wildman–Crippen MR) is 74.8 cm³/mol. The zero-order chi connectivity index (χ0) is 14.3. The second kappa shape index (κ2) is 4.57. The van der Waals surface area contributed by atoms with Gasteiger partial charge in [-0.2, -0.15) is 0 Å². The fraction of sp³-hybridized carbons (Fsp3) is 0.0769. The highest BCUT2D eigenvalue weighted by atomic mass is 35.5. The molecule has 100 valence electrons. The molecule has 2 heterocycles. The standard InChI is InChI=1S/C13H9ClN4O2/c1-8-6-15-13(14)17-7-11(16-12(8)17)9-2-4-10(5-3-9)18(19)20/h2-7H,1H3. The number of fused-ring (bicyclic) bond motifs is 1. The lowest BCUT2D eigenvalue weighted by molar-refractivity contribution is -0.384. The van der Waals surface area contributed by atoms with Gasteiger partial charge in [0.05, 0.1) is 10.6 Å². The van der Waals surface area contributed by atoms with Gasteiger partial charge in [0, 0.05) is 35.7 Å². The van der Waals surface area contributed by atoms with Crippen LogP contribution in [0.5, 0.6) is 0 Å². The molecule has 2 aromatic heterocycles. The van der Waals surface area contributed by atoms with Crippen molar-refractivity contribution in [3.05, 3.63) is 57.6 Å². The zero-order valence-corrected chi connectivity index (χ0v) is 11.2. The Morgan fingerprint density at radius 2 is 2.00 bits per heavy atom. The van der Waals surface area contributed by atoms with Crippen molar-refractivity contribution >= 4 is 22.9 Å². The summed E-state index contributed by atoms with van der Waals surface area (Å²) in [5.74, 6) is 0. The van der Waals surface area contributed by atoms with Crippen molar-refractivity contribution in [3.63, 3.8) is 0 Å². The van der Waals surface area contributed by atoms with Crippen LogP contribution in [-0.2, 0) is 0 Å². The highest BCUT2D eigenvalue weighted by Gasteiger charge is 2.11. The number of halogens is 1. The molecule has 20 heavy (non-hydrogen) atoms. The van der Waals surface area contributed by atoms with Crippen LogP contribution in [0.15, 0.2) is 36.7 Å². The second-order valence-electron chi connectivity index (χ2n) is 4.33. The van der Waals surface area contributed by atoms with Gasteiger partial charge in [-0.3, -0.25) is 14.5 Å². The molecule has 0 N–H and O–H groups in total. The summed E-state index contributed by atoms with van der Waals surface area (Å²) in [5.41, 5.74) is 3.15. The largest absolute Gasteiger partial charge is 0.274 e. The topological polar surface area (TPSA) is 73.3 Å².